The first-order valence-electron chi connectivity index (χ1n) is 9.11. The molecule has 3 heterocycles. The third-order valence-electron chi connectivity index (χ3n) is 4.87. The van der Waals surface area contributed by atoms with Gasteiger partial charge in [-0.3, -0.25) is 9.89 Å². The van der Waals surface area contributed by atoms with Gasteiger partial charge in [0.05, 0.1) is 6.20 Å². The van der Waals surface area contributed by atoms with Crippen LogP contribution < -0.4 is 10.5 Å². The minimum Gasteiger partial charge on any atom is -0.489 e. The fourth-order valence-electron chi connectivity index (χ4n) is 3.43. The van der Waals surface area contributed by atoms with E-state index >= 15 is 0 Å². The van der Waals surface area contributed by atoms with E-state index in [-0.39, 0.29) is 5.69 Å². The number of benzene rings is 2. The van der Waals surface area contributed by atoms with E-state index in [0.29, 0.717) is 12.3 Å². The number of nitrogens with one attached hydrogen (secondary N) is 2. The highest BCUT2D eigenvalue weighted by molar-refractivity contribution is 6.06. The van der Waals surface area contributed by atoms with Crippen LogP contribution in [0.1, 0.15) is 16.1 Å². The van der Waals surface area contributed by atoms with Crippen LogP contribution in [0, 0.1) is 0 Å². The number of amides is 1. The molecule has 2 aromatic carbocycles. The van der Waals surface area contributed by atoms with E-state index < -0.39 is 5.91 Å². The summed E-state index contributed by atoms with van der Waals surface area (Å²) in [5, 5.41) is 8.65. The molecule has 142 valence electrons. The smallest absolute Gasteiger partial charge is 0.267 e. The number of pyridine rings is 1. The quantitative estimate of drug-likeness (QED) is 0.429. The second kappa shape index (κ2) is 6.79. The standard InChI is InChI=1S/C22H17N5O2/c23-21(28)20-9-15(18-11-25-27-22(18)26-20)17-10-24-19-7-6-14(8-16(17)19)29-12-13-4-2-1-3-5-13/h1-11,24H,12H2,(H2,23,28)(H,25,26,27). The SMILES string of the molecule is NC(=O)c1cc(-c2c[nH]c3ccc(OCc4ccccc4)cc23)c2cn[nH]c2n1. The Bertz CT molecular complexity index is 1340. The molecule has 0 unspecified atom stereocenters. The number of H-pyrrole nitrogens is 2. The second-order valence-corrected chi connectivity index (χ2v) is 6.74. The molecule has 0 aliphatic carbocycles. The van der Waals surface area contributed by atoms with Gasteiger partial charge < -0.3 is 15.5 Å². The number of carbonyl (C=O) groups is 1. The Morgan fingerprint density at radius 1 is 1.03 bits per heavy atom. The minimum atomic E-state index is -0.588. The van der Waals surface area contributed by atoms with Crippen LogP contribution in [0.25, 0.3) is 33.1 Å². The minimum absolute atomic E-state index is 0.183. The Morgan fingerprint density at radius 2 is 1.90 bits per heavy atom. The third-order valence-corrected chi connectivity index (χ3v) is 4.87. The molecule has 0 aliphatic heterocycles. The molecule has 7 nitrogen and oxygen atoms in total. The predicted octanol–water partition coefficient (Wildman–Crippen LogP) is 3.78. The Kier molecular flexibility index (Phi) is 3.98. The summed E-state index contributed by atoms with van der Waals surface area (Å²) in [5.74, 6) is 0.171. The van der Waals surface area contributed by atoms with Crippen molar-refractivity contribution in [2.75, 3.05) is 0 Å². The second-order valence-electron chi connectivity index (χ2n) is 6.74. The molecule has 3 aromatic heterocycles. The van der Waals surface area contributed by atoms with E-state index in [1.807, 2.05) is 54.7 Å². The topological polar surface area (TPSA) is 110 Å². The Balaban J connectivity index is 1.58. The summed E-state index contributed by atoms with van der Waals surface area (Å²) in [5.41, 5.74) is 9.96. The molecular weight excluding hydrogens is 366 g/mol. The van der Waals surface area contributed by atoms with Crippen molar-refractivity contribution < 1.29 is 9.53 Å². The van der Waals surface area contributed by atoms with Crippen molar-refractivity contribution in [3.05, 3.63) is 78.2 Å². The van der Waals surface area contributed by atoms with Crippen molar-refractivity contribution in [3.63, 3.8) is 0 Å². The molecule has 29 heavy (non-hydrogen) atoms. The summed E-state index contributed by atoms with van der Waals surface area (Å²) in [4.78, 5) is 19.2. The zero-order chi connectivity index (χ0) is 19.8. The lowest BCUT2D eigenvalue weighted by molar-refractivity contribution is 0.0996. The first kappa shape index (κ1) is 17.0. The van der Waals surface area contributed by atoms with E-state index in [1.165, 1.54) is 0 Å². The molecule has 5 rings (SSSR count). The van der Waals surface area contributed by atoms with E-state index in [0.717, 1.165) is 38.7 Å². The van der Waals surface area contributed by atoms with Crippen molar-refractivity contribution in [2.24, 2.45) is 5.73 Å². The fraction of sp³-hybridized carbons (Fsp3) is 0.0455. The maximum atomic E-state index is 11.7. The summed E-state index contributed by atoms with van der Waals surface area (Å²) in [6, 6.07) is 17.6. The van der Waals surface area contributed by atoms with Crippen LogP contribution in [0.5, 0.6) is 5.75 Å². The summed E-state index contributed by atoms with van der Waals surface area (Å²) < 4.78 is 5.98. The molecule has 0 fully saturated rings. The summed E-state index contributed by atoms with van der Waals surface area (Å²) in [6.45, 7) is 0.485. The molecule has 5 aromatic rings. The lowest BCUT2D eigenvalue weighted by Gasteiger charge is -2.08. The number of hydrogen-bond acceptors (Lipinski definition) is 4. The van der Waals surface area contributed by atoms with Crippen molar-refractivity contribution in [2.45, 2.75) is 6.61 Å². The normalized spacial score (nSPS) is 11.2. The van der Waals surface area contributed by atoms with Gasteiger partial charge in [-0.2, -0.15) is 5.10 Å². The summed E-state index contributed by atoms with van der Waals surface area (Å²) in [7, 11) is 0. The molecule has 1 amide bonds. The number of fused-ring (bicyclic) bond motifs is 2. The molecule has 0 aliphatic rings. The maximum absolute atomic E-state index is 11.7. The van der Waals surface area contributed by atoms with Crippen LogP contribution in [0.15, 0.2) is 67.0 Å². The Morgan fingerprint density at radius 3 is 2.72 bits per heavy atom. The van der Waals surface area contributed by atoms with E-state index in [4.69, 9.17) is 10.5 Å². The van der Waals surface area contributed by atoms with Crippen molar-refractivity contribution in [3.8, 4) is 16.9 Å². The highest BCUT2D eigenvalue weighted by Crippen LogP contribution is 2.35. The molecule has 0 saturated heterocycles. The highest BCUT2D eigenvalue weighted by Gasteiger charge is 2.16. The van der Waals surface area contributed by atoms with Gasteiger partial charge in [-0.1, -0.05) is 30.3 Å². The van der Waals surface area contributed by atoms with Gasteiger partial charge in [0.15, 0.2) is 5.65 Å². The molecular formula is C22H17N5O2. The van der Waals surface area contributed by atoms with Crippen LogP contribution in [0.2, 0.25) is 0 Å². The predicted molar refractivity (Wildman–Crippen MR) is 110 cm³/mol. The first-order chi connectivity index (χ1) is 14.2. The van der Waals surface area contributed by atoms with Gasteiger partial charge in [-0.25, -0.2) is 4.98 Å². The molecule has 7 heteroatoms. The van der Waals surface area contributed by atoms with Gasteiger partial charge in [0.1, 0.15) is 18.1 Å². The molecule has 4 N–H and O–H groups in total. The average molecular weight is 383 g/mol. The van der Waals surface area contributed by atoms with Gasteiger partial charge in [-0.15, -0.1) is 0 Å². The van der Waals surface area contributed by atoms with Crippen LogP contribution in [-0.4, -0.2) is 26.1 Å². The first-order valence-corrected chi connectivity index (χ1v) is 9.11. The molecule has 0 atom stereocenters. The van der Waals surface area contributed by atoms with Crippen molar-refractivity contribution in [1.82, 2.24) is 20.2 Å². The summed E-state index contributed by atoms with van der Waals surface area (Å²) >= 11 is 0. The largest absolute Gasteiger partial charge is 0.489 e. The lowest BCUT2D eigenvalue weighted by atomic mass is 10.0. The number of rotatable bonds is 5. The molecule has 0 spiro atoms. The number of aromatic amines is 2. The zero-order valence-electron chi connectivity index (χ0n) is 15.3. The van der Waals surface area contributed by atoms with Crippen LogP contribution >= 0.6 is 0 Å². The van der Waals surface area contributed by atoms with Crippen LogP contribution in [0.3, 0.4) is 0 Å². The summed E-state index contributed by atoms with van der Waals surface area (Å²) in [6.07, 6.45) is 3.59. The zero-order valence-corrected chi connectivity index (χ0v) is 15.3. The van der Waals surface area contributed by atoms with E-state index in [9.17, 15) is 4.79 Å². The molecule has 0 saturated carbocycles. The third kappa shape index (κ3) is 3.08. The molecule has 0 radical (unpaired) electrons. The van der Waals surface area contributed by atoms with E-state index in [1.54, 1.807) is 12.3 Å². The Labute approximate surface area is 165 Å². The number of ether oxygens (including phenoxy) is 1. The van der Waals surface area contributed by atoms with Gasteiger partial charge in [0.25, 0.3) is 5.91 Å². The maximum Gasteiger partial charge on any atom is 0.267 e. The number of hydrogen-bond donors (Lipinski definition) is 3. The van der Waals surface area contributed by atoms with Gasteiger partial charge >= 0.3 is 0 Å². The number of carbonyl (C=O) groups excluding carboxylic acids is 1. The van der Waals surface area contributed by atoms with Gasteiger partial charge in [-0.05, 0) is 35.4 Å². The monoisotopic (exact) mass is 383 g/mol. The number of aromatic nitrogens is 4. The average Bonchev–Trinajstić information content (AvgIpc) is 3.39. The highest BCUT2D eigenvalue weighted by atomic mass is 16.5. The van der Waals surface area contributed by atoms with Gasteiger partial charge in [0.2, 0.25) is 0 Å². The van der Waals surface area contributed by atoms with Crippen LogP contribution in [-0.2, 0) is 6.61 Å². The molecule has 0 bridgehead atoms. The van der Waals surface area contributed by atoms with Crippen LogP contribution in [0.4, 0.5) is 0 Å². The Hall–Kier alpha value is -4.13. The van der Waals surface area contributed by atoms with E-state index in [2.05, 4.69) is 20.2 Å². The number of nitrogens with zero attached hydrogens (tertiary/aromatic N) is 2. The van der Waals surface area contributed by atoms with Crippen molar-refractivity contribution >= 4 is 27.8 Å². The number of primary amides is 1. The van der Waals surface area contributed by atoms with Gasteiger partial charge in [0, 0.05) is 28.0 Å². The fourth-order valence-corrected chi connectivity index (χ4v) is 3.43. The lowest BCUT2D eigenvalue weighted by Crippen LogP contribution is -2.13. The van der Waals surface area contributed by atoms with Crippen molar-refractivity contribution in [1.29, 1.82) is 0 Å². The number of nitrogens with two attached hydrogens (primary N) is 1.